The van der Waals surface area contributed by atoms with Crippen molar-refractivity contribution in [2.75, 3.05) is 16.8 Å². The van der Waals surface area contributed by atoms with Crippen molar-refractivity contribution in [3.8, 4) is 0 Å². The highest BCUT2D eigenvalue weighted by atomic mass is 35.5. The standard InChI is InChI=1S/C18H16ClN3O4S2/c19-13-6-8-14(9-7-13)27-12-16(23)20-18-22-21-17(26-18)10-11-28(24,25)15-4-2-1-3-5-15/h1-9H,10-12H2,(H,20,22,23). The molecule has 7 nitrogen and oxygen atoms in total. The van der Waals surface area contributed by atoms with Gasteiger partial charge in [-0.25, -0.2) is 8.42 Å². The monoisotopic (exact) mass is 437 g/mol. The fraction of sp³-hybridized carbons (Fsp3) is 0.167. The third-order valence-electron chi connectivity index (χ3n) is 3.58. The van der Waals surface area contributed by atoms with Crippen molar-refractivity contribution in [3.05, 3.63) is 65.5 Å². The van der Waals surface area contributed by atoms with Gasteiger partial charge in [0, 0.05) is 16.3 Å². The van der Waals surface area contributed by atoms with Crippen molar-refractivity contribution < 1.29 is 17.6 Å². The maximum absolute atomic E-state index is 12.3. The summed E-state index contributed by atoms with van der Waals surface area (Å²) in [6, 6.07) is 15.2. The smallest absolute Gasteiger partial charge is 0.322 e. The molecule has 3 rings (SSSR count). The summed E-state index contributed by atoms with van der Waals surface area (Å²) in [5, 5.41) is 10.6. The second-order valence-corrected chi connectivity index (χ2v) is 9.27. The molecule has 0 fully saturated rings. The SMILES string of the molecule is O=C(CSc1ccc(Cl)cc1)Nc1nnc(CCS(=O)(=O)c2ccccc2)o1. The minimum atomic E-state index is -3.44. The largest absolute Gasteiger partial charge is 0.408 e. The van der Waals surface area contributed by atoms with Crippen molar-refractivity contribution >= 4 is 45.1 Å². The zero-order valence-corrected chi connectivity index (χ0v) is 16.9. The molecule has 2 aromatic carbocycles. The van der Waals surface area contributed by atoms with Crippen LogP contribution in [0, 0.1) is 0 Å². The number of thioether (sulfide) groups is 1. The van der Waals surface area contributed by atoms with E-state index in [4.69, 9.17) is 16.0 Å². The molecule has 0 atom stereocenters. The van der Waals surface area contributed by atoms with Gasteiger partial charge in [0.15, 0.2) is 9.84 Å². The molecule has 0 unspecified atom stereocenters. The number of carbonyl (C=O) groups excluding carboxylic acids is 1. The van der Waals surface area contributed by atoms with E-state index >= 15 is 0 Å². The topological polar surface area (TPSA) is 102 Å². The summed E-state index contributed by atoms with van der Waals surface area (Å²) in [6.07, 6.45) is 0.0552. The van der Waals surface area contributed by atoms with Crippen LogP contribution in [0.1, 0.15) is 5.89 Å². The van der Waals surface area contributed by atoms with Crippen LogP contribution < -0.4 is 5.32 Å². The van der Waals surface area contributed by atoms with E-state index in [0.717, 1.165) is 4.90 Å². The third kappa shape index (κ3) is 5.82. The second-order valence-electron chi connectivity index (χ2n) is 5.67. The Morgan fingerprint density at radius 2 is 1.79 bits per heavy atom. The summed E-state index contributed by atoms with van der Waals surface area (Å²) >= 11 is 7.15. The lowest BCUT2D eigenvalue weighted by Gasteiger charge is -2.02. The fourth-order valence-electron chi connectivity index (χ4n) is 2.21. The van der Waals surface area contributed by atoms with Gasteiger partial charge in [0.1, 0.15) is 0 Å². The van der Waals surface area contributed by atoms with Crippen molar-refractivity contribution in [1.29, 1.82) is 0 Å². The Kier molecular flexibility index (Phi) is 6.71. The average molecular weight is 438 g/mol. The highest BCUT2D eigenvalue weighted by Gasteiger charge is 2.17. The molecule has 0 radical (unpaired) electrons. The van der Waals surface area contributed by atoms with Gasteiger partial charge in [0.25, 0.3) is 0 Å². The Labute approximate surface area is 171 Å². The Bertz CT molecular complexity index is 1040. The minimum absolute atomic E-state index is 0.0552. The molecule has 0 aliphatic carbocycles. The molecule has 1 heterocycles. The number of amides is 1. The van der Waals surface area contributed by atoms with Gasteiger partial charge >= 0.3 is 6.01 Å². The first kappa shape index (κ1) is 20.4. The summed E-state index contributed by atoms with van der Waals surface area (Å²) in [6.45, 7) is 0. The summed E-state index contributed by atoms with van der Waals surface area (Å²) in [7, 11) is -3.44. The van der Waals surface area contributed by atoms with E-state index < -0.39 is 9.84 Å². The maximum Gasteiger partial charge on any atom is 0.322 e. The molecule has 0 saturated heterocycles. The van der Waals surface area contributed by atoms with E-state index in [0.29, 0.717) is 5.02 Å². The van der Waals surface area contributed by atoms with Gasteiger partial charge < -0.3 is 4.42 Å². The van der Waals surface area contributed by atoms with Crippen molar-refractivity contribution in [3.63, 3.8) is 0 Å². The number of rotatable bonds is 8. The van der Waals surface area contributed by atoms with Crippen LogP contribution in [0.4, 0.5) is 6.01 Å². The number of sulfone groups is 1. The molecule has 0 aliphatic rings. The van der Waals surface area contributed by atoms with Crippen LogP contribution in [-0.4, -0.2) is 36.0 Å². The van der Waals surface area contributed by atoms with Crippen LogP contribution in [0.15, 0.2) is 68.8 Å². The highest BCUT2D eigenvalue weighted by molar-refractivity contribution is 8.00. The molecule has 0 spiro atoms. The van der Waals surface area contributed by atoms with E-state index in [9.17, 15) is 13.2 Å². The van der Waals surface area contributed by atoms with E-state index in [-0.39, 0.29) is 40.6 Å². The number of hydrogen-bond donors (Lipinski definition) is 1. The molecular formula is C18H16ClN3O4S2. The second kappa shape index (κ2) is 9.22. The lowest BCUT2D eigenvalue weighted by Crippen LogP contribution is -2.14. The zero-order chi connectivity index (χ0) is 20.0. The van der Waals surface area contributed by atoms with Gasteiger partial charge in [-0.05, 0) is 36.4 Å². The fourth-order valence-corrected chi connectivity index (χ4v) is 4.28. The summed E-state index contributed by atoms with van der Waals surface area (Å²) in [5.41, 5.74) is 0. The first-order valence-electron chi connectivity index (χ1n) is 8.21. The van der Waals surface area contributed by atoms with Crippen LogP contribution >= 0.6 is 23.4 Å². The number of carbonyl (C=O) groups is 1. The molecule has 10 heteroatoms. The Morgan fingerprint density at radius 1 is 1.07 bits per heavy atom. The Morgan fingerprint density at radius 3 is 2.50 bits per heavy atom. The molecule has 28 heavy (non-hydrogen) atoms. The van der Waals surface area contributed by atoms with Gasteiger partial charge in [-0.15, -0.1) is 16.9 Å². The van der Waals surface area contributed by atoms with E-state index in [1.807, 2.05) is 12.1 Å². The average Bonchev–Trinajstić information content (AvgIpc) is 3.14. The Hall–Kier alpha value is -2.36. The van der Waals surface area contributed by atoms with Gasteiger partial charge in [0.05, 0.1) is 16.4 Å². The van der Waals surface area contributed by atoms with Crippen molar-refractivity contribution in [2.24, 2.45) is 0 Å². The maximum atomic E-state index is 12.3. The normalized spacial score (nSPS) is 11.3. The number of nitrogens with zero attached hydrogens (tertiary/aromatic N) is 2. The molecule has 3 aromatic rings. The number of hydrogen-bond acceptors (Lipinski definition) is 7. The Balaban J connectivity index is 1.49. The number of aryl methyl sites for hydroxylation is 1. The lowest BCUT2D eigenvalue weighted by molar-refractivity contribution is -0.113. The summed E-state index contributed by atoms with van der Waals surface area (Å²) in [4.78, 5) is 13.1. The summed E-state index contributed by atoms with van der Waals surface area (Å²) < 4.78 is 29.8. The van der Waals surface area contributed by atoms with E-state index in [2.05, 4.69) is 15.5 Å². The number of anilines is 1. The highest BCUT2D eigenvalue weighted by Crippen LogP contribution is 2.20. The quantitative estimate of drug-likeness (QED) is 0.538. The first-order chi connectivity index (χ1) is 13.4. The van der Waals surface area contributed by atoms with Gasteiger partial charge in [0.2, 0.25) is 11.8 Å². The van der Waals surface area contributed by atoms with E-state index in [1.165, 1.54) is 23.9 Å². The molecule has 146 valence electrons. The first-order valence-corrected chi connectivity index (χ1v) is 11.2. The van der Waals surface area contributed by atoms with Crippen molar-refractivity contribution in [2.45, 2.75) is 16.2 Å². The van der Waals surface area contributed by atoms with Crippen LogP contribution in [0.25, 0.3) is 0 Å². The van der Waals surface area contributed by atoms with Crippen LogP contribution in [0.3, 0.4) is 0 Å². The predicted molar refractivity (Wildman–Crippen MR) is 107 cm³/mol. The third-order valence-corrected chi connectivity index (χ3v) is 6.58. The van der Waals surface area contributed by atoms with Crippen LogP contribution in [-0.2, 0) is 21.1 Å². The van der Waals surface area contributed by atoms with Gasteiger partial charge in [-0.2, -0.15) is 0 Å². The zero-order valence-electron chi connectivity index (χ0n) is 14.5. The predicted octanol–water partition coefficient (Wildman–Crippen LogP) is 3.47. The van der Waals surface area contributed by atoms with Crippen molar-refractivity contribution in [1.82, 2.24) is 10.2 Å². The molecule has 1 amide bonds. The molecular weight excluding hydrogens is 422 g/mol. The number of halogens is 1. The minimum Gasteiger partial charge on any atom is -0.408 e. The van der Waals surface area contributed by atoms with Crippen LogP contribution in [0.2, 0.25) is 5.02 Å². The number of benzene rings is 2. The lowest BCUT2D eigenvalue weighted by atomic mass is 10.4. The summed E-state index contributed by atoms with van der Waals surface area (Å²) in [5.74, 6) is -0.187. The van der Waals surface area contributed by atoms with E-state index in [1.54, 1.807) is 30.3 Å². The molecule has 0 saturated carbocycles. The number of nitrogens with one attached hydrogen (secondary N) is 1. The molecule has 0 aliphatic heterocycles. The number of aromatic nitrogens is 2. The molecule has 1 N–H and O–H groups in total. The molecule has 1 aromatic heterocycles. The van der Waals surface area contributed by atoms with Gasteiger partial charge in [-0.1, -0.05) is 34.9 Å². The van der Waals surface area contributed by atoms with Crippen LogP contribution in [0.5, 0.6) is 0 Å². The molecule has 0 bridgehead atoms. The van der Waals surface area contributed by atoms with Gasteiger partial charge in [-0.3, -0.25) is 10.1 Å².